The van der Waals surface area contributed by atoms with E-state index in [9.17, 15) is 39.9 Å². The number of rotatable bonds is 16. The number of anilines is 1. The topological polar surface area (TPSA) is 232 Å². The van der Waals surface area contributed by atoms with E-state index in [-0.39, 0.29) is 51.1 Å². The summed E-state index contributed by atoms with van der Waals surface area (Å²) in [5.41, 5.74) is -0.575. The highest BCUT2D eigenvalue weighted by Gasteiger charge is 2.50. The number of allylic oxidation sites excluding steroid dienone is 2. The van der Waals surface area contributed by atoms with E-state index in [2.05, 4.69) is 10.5 Å². The smallest absolute Gasteiger partial charge is 0.312 e. The van der Waals surface area contributed by atoms with Crippen LogP contribution in [-0.2, 0) is 28.6 Å². The average Bonchev–Trinajstić information content (AvgIpc) is 3.60. The van der Waals surface area contributed by atoms with E-state index in [1.54, 1.807) is 39.8 Å². The first-order valence-electron chi connectivity index (χ1n) is 24.3. The van der Waals surface area contributed by atoms with Gasteiger partial charge in [-0.2, -0.15) is 0 Å². The first-order valence-corrected chi connectivity index (χ1v) is 24.3. The number of hydrogen-bond acceptors (Lipinski definition) is 15. The lowest BCUT2D eigenvalue weighted by Gasteiger charge is -2.38. The lowest BCUT2D eigenvalue weighted by molar-refractivity contribution is -0.160. The second kappa shape index (κ2) is 25.1. The van der Waals surface area contributed by atoms with Crippen molar-refractivity contribution in [1.29, 1.82) is 0 Å². The van der Waals surface area contributed by atoms with Crippen molar-refractivity contribution >= 4 is 40.3 Å². The fraction of sp³-hybridized carbons (Fsp3) is 0.519. The number of methoxy groups -OCH3 is 1. The number of amides is 1. The van der Waals surface area contributed by atoms with Gasteiger partial charge in [0.05, 0.1) is 59.6 Å². The first-order chi connectivity index (χ1) is 33.3. The molecule has 9 atom stereocenters. The summed E-state index contributed by atoms with van der Waals surface area (Å²) in [6.45, 7) is 13.4. The van der Waals surface area contributed by atoms with E-state index in [0.29, 0.717) is 13.0 Å². The third-order valence-corrected chi connectivity index (χ3v) is 13.4. The maximum Gasteiger partial charge on any atom is 0.312 e. The molecule has 0 radical (unpaired) electrons. The molecule has 0 spiro atoms. The molecule has 1 amide bonds. The number of ketones is 1. The zero-order valence-corrected chi connectivity index (χ0v) is 41.9. The van der Waals surface area contributed by atoms with Crippen molar-refractivity contribution in [2.24, 2.45) is 28.8 Å². The molecular formula is C54H72N2O14. The van der Waals surface area contributed by atoms with Crippen LogP contribution in [0.25, 0.3) is 10.8 Å². The molecule has 0 aromatic heterocycles. The van der Waals surface area contributed by atoms with Gasteiger partial charge in [0, 0.05) is 61.2 Å². The summed E-state index contributed by atoms with van der Waals surface area (Å²) < 4.78 is 29.4. The van der Waals surface area contributed by atoms with Gasteiger partial charge in [-0.1, -0.05) is 101 Å². The number of unbranched alkanes of at least 4 members (excludes halogenated alkanes) is 7. The van der Waals surface area contributed by atoms with Gasteiger partial charge in [0.1, 0.15) is 35.7 Å². The third kappa shape index (κ3) is 13.0. The van der Waals surface area contributed by atoms with Crippen molar-refractivity contribution < 1.29 is 68.4 Å². The van der Waals surface area contributed by atoms with Crippen molar-refractivity contribution in [3.05, 3.63) is 83.2 Å². The summed E-state index contributed by atoms with van der Waals surface area (Å²) in [5.74, 6) is -7.75. The standard InChI is InChI=1S/C54H72N2O14/c1-31-22-21-23-32(2)53(64)56-44-39(30-55-68-28-20-15-13-11-10-12-14-19-27-66-38-24-17-16-18-25-38)48(61)41-42(49(44)62)47(60)36(6)51-43(41)52(63)54(8,70-51)67-29-26-40(65-9)33(3)50(69-37(7)57)35(5)46(59)34(4)45(31)58/h16-18,21-26,29-31,33-35,40,45-46,50,58-62H,10-15,19-20,27-28H2,1-9H3,(H,56,64)/b22-21-,29-26-,32-23-,55-30+/t31-,33+,34+,35+,40-,45-,46+,50+,54-/m0/s1. The van der Waals surface area contributed by atoms with Gasteiger partial charge in [-0.05, 0) is 51.3 Å². The fourth-order valence-electron chi connectivity index (χ4n) is 9.05. The number of aliphatic hydroxyl groups is 2. The van der Waals surface area contributed by atoms with Crippen LogP contribution < -0.4 is 14.8 Å². The molecule has 0 aliphatic carbocycles. The molecule has 16 heteroatoms. The third-order valence-electron chi connectivity index (χ3n) is 13.4. The molecule has 70 heavy (non-hydrogen) atoms. The molecule has 6 N–H and O–H groups in total. The Morgan fingerprint density at radius 3 is 2.11 bits per heavy atom. The number of carbonyl (C=O) groups is 3. The van der Waals surface area contributed by atoms with Crippen LogP contribution in [0.2, 0.25) is 0 Å². The van der Waals surface area contributed by atoms with Crippen LogP contribution in [0.5, 0.6) is 28.7 Å². The Morgan fingerprint density at radius 2 is 1.47 bits per heavy atom. The Bertz CT molecular complexity index is 2410. The number of benzene rings is 3. The average molecular weight is 973 g/mol. The highest BCUT2D eigenvalue weighted by molar-refractivity contribution is 6.23. The number of hydrogen-bond donors (Lipinski definition) is 6. The lowest BCUT2D eigenvalue weighted by atomic mass is 9.78. The van der Waals surface area contributed by atoms with E-state index in [0.717, 1.165) is 56.9 Å². The number of phenolic OH excluding ortho intramolecular Hbond substituents is 3. The van der Waals surface area contributed by atoms with Gasteiger partial charge in [0.2, 0.25) is 0 Å². The number of nitrogens with zero attached hydrogens (tertiary/aromatic N) is 1. The number of para-hydroxylation sites is 1. The van der Waals surface area contributed by atoms with Gasteiger partial charge in [-0.3, -0.25) is 14.4 Å². The van der Waals surface area contributed by atoms with Gasteiger partial charge in [0.25, 0.3) is 11.7 Å². The second-order valence-corrected chi connectivity index (χ2v) is 18.7. The Labute approximate surface area is 410 Å². The van der Waals surface area contributed by atoms with Gasteiger partial charge in [-0.15, -0.1) is 0 Å². The van der Waals surface area contributed by atoms with E-state index in [4.69, 9.17) is 28.5 Å². The molecule has 0 fully saturated rings. The molecule has 3 heterocycles. The minimum absolute atomic E-state index is 0.0368. The highest BCUT2D eigenvalue weighted by Crippen LogP contribution is 2.55. The van der Waals surface area contributed by atoms with Crippen LogP contribution in [0, 0.1) is 30.6 Å². The summed E-state index contributed by atoms with van der Waals surface area (Å²) in [6.07, 6.45) is 12.6. The Hall–Kier alpha value is -6.10. The van der Waals surface area contributed by atoms with Gasteiger partial charge in [0.15, 0.2) is 5.75 Å². The normalized spacial score (nSPS) is 27.1. The minimum Gasteiger partial charge on any atom is -0.507 e. The van der Waals surface area contributed by atoms with E-state index < -0.39 is 88.8 Å². The maximum absolute atomic E-state index is 14.5. The minimum atomic E-state index is -2.07. The molecule has 382 valence electrons. The second-order valence-electron chi connectivity index (χ2n) is 18.7. The van der Waals surface area contributed by atoms with Crippen LogP contribution in [0.15, 0.2) is 71.6 Å². The molecule has 3 aromatic carbocycles. The molecule has 3 aliphatic rings. The summed E-state index contributed by atoms with van der Waals surface area (Å²) in [6, 6.07) is 9.78. The molecule has 6 rings (SSSR count). The summed E-state index contributed by atoms with van der Waals surface area (Å²) >= 11 is 0. The quantitative estimate of drug-likeness (QED) is 0.0196. The number of phenols is 3. The van der Waals surface area contributed by atoms with Gasteiger partial charge >= 0.3 is 11.8 Å². The summed E-state index contributed by atoms with van der Waals surface area (Å²) in [5, 5.41) is 64.8. The van der Waals surface area contributed by atoms with Crippen molar-refractivity contribution in [1.82, 2.24) is 0 Å². The number of fused-ring (bicyclic) bond motifs is 14. The zero-order valence-electron chi connectivity index (χ0n) is 41.9. The monoisotopic (exact) mass is 972 g/mol. The number of aliphatic hydroxyl groups excluding tert-OH is 2. The highest BCUT2D eigenvalue weighted by atomic mass is 16.7. The maximum atomic E-state index is 14.5. The predicted molar refractivity (Wildman–Crippen MR) is 266 cm³/mol. The Morgan fingerprint density at radius 1 is 0.829 bits per heavy atom. The Kier molecular flexibility index (Phi) is 19.7. The number of nitrogens with one attached hydrogen (secondary N) is 1. The number of Topliss-reactive ketones (excluding diaryl/α,β-unsaturated/α-hetero) is 1. The molecule has 0 saturated heterocycles. The molecular weight excluding hydrogens is 901 g/mol. The largest absolute Gasteiger partial charge is 0.507 e. The number of carbonyl (C=O) groups excluding carboxylic acids is 3. The summed E-state index contributed by atoms with van der Waals surface area (Å²) in [7, 11) is 1.43. The van der Waals surface area contributed by atoms with Crippen LogP contribution in [0.4, 0.5) is 5.69 Å². The predicted octanol–water partition coefficient (Wildman–Crippen LogP) is 9.30. The fourth-order valence-corrected chi connectivity index (χ4v) is 9.05. The first kappa shape index (κ1) is 54.8. The molecule has 16 nitrogen and oxygen atoms in total. The van der Waals surface area contributed by atoms with Crippen molar-refractivity contribution in [2.75, 3.05) is 25.6 Å². The van der Waals surface area contributed by atoms with Crippen LogP contribution >= 0.6 is 0 Å². The number of ether oxygens (including phenoxy) is 5. The number of aromatic hydroxyl groups is 3. The van der Waals surface area contributed by atoms with Gasteiger partial charge in [-0.25, -0.2) is 0 Å². The van der Waals surface area contributed by atoms with Crippen LogP contribution in [0.1, 0.15) is 121 Å². The zero-order chi connectivity index (χ0) is 51.3. The van der Waals surface area contributed by atoms with Crippen molar-refractivity contribution in [3.63, 3.8) is 0 Å². The summed E-state index contributed by atoms with van der Waals surface area (Å²) in [4.78, 5) is 46.3. The van der Waals surface area contributed by atoms with E-state index >= 15 is 0 Å². The molecule has 3 aliphatic heterocycles. The molecule has 0 saturated carbocycles. The molecule has 0 unspecified atom stereocenters. The van der Waals surface area contributed by atoms with Crippen molar-refractivity contribution in [2.45, 2.75) is 137 Å². The van der Waals surface area contributed by atoms with Crippen molar-refractivity contribution in [3.8, 4) is 28.7 Å². The Balaban J connectivity index is 1.43. The number of oxime groups is 1. The van der Waals surface area contributed by atoms with Crippen LogP contribution in [0.3, 0.4) is 0 Å². The van der Waals surface area contributed by atoms with Gasteiger partial charge < -0.3 is 59.4 Å². The van der Waals surface area contributed by atoms with Crippen LogP contribution in [-0.4, -0.2) is 99.9 Å². The molecule has 3 aromatic rings. The number of esters is 1. The van der Waals surface area contributed by atoms with E-state index in [1.807, 2.05) is 30.3 Å². The SMILES string of the molecule is CO[C@H]1/C=C\O[C@@]2(C)Oc3c(C)c(O)c4c(O)c(c(/C=N/OCCCCCCCCCCOc5ccccc5)c(O)c4c3C2=O)NC(=O)/C(C)=C\C=C/[C@H](C)[C@H](O)[C@@H](C)[C@@H](O)[C@@H](C)[C@H](OC(C)=O)[C@@H]1C. The molecule has 5 bridgehead atoms. The lowest BCUT2D eigenvalue weighted by Crippen LogP contribution is -2.46. The van der Waals surface area contributed by atoms with E-state index in [1.165, 1.54) is 53.2 Å².